The van der Waals surface area contributed by atoms with Gasteiger partial charge in [-0.25, -0.2) is 13.1 Å². The molecule has 1 fully saturated rings. The van der Waals surface area contributed by atoms with E-state index in [0.717, 1.165) is 12.8 Å². The number of hydrogen-bond acceptors (Lipinski definition) is 5. The van der Waals surface area contributed by atoms with Gasteiger partial charge in [0.1, 0.15) is 0 Å². The van der Waals surface area contributed by atoms with Crippen LogP contribution in [-0.2, 0) is 14.8 Å². The molecule has 2 N–H and O–H groups in total. The summed E-state index contributed by atoms with van der Waals surface area (Å²) in [5.41, 5.74) is 1.09. The molecule has 0 aliphatic carbocycles. The van der Waals surface area contributed by atoms with Gasteiger partial charge in [-0.05, 0) is 49.2 Å². The predicted octanol–water partition coefficient (Wildman–Crippen LogP) is 2.27. The van der Waals surface area contributed by atoms with Crippen LogP contribution in [0.15, 0.2) is 53.4 Å². The Labute approximate surface area is 158 Å². The van der Waals surface area contributed by atoms with E-state index in [0.29, 0.717) is 17.9 Å². The van der Waals surface area contributed by atoms with Crippen molar-refractivity contribution in [2.24, 2.45) is 0 Å². The zero-order chi connectivity index (χ0) is 19.3. The molecule has 1 aliphatic heterocycles. The third kappa shape index (κ3) is 4.92. The van der Waals surface area contributed by atoms with Gasteiger partial charge in [0, 0.05) is 24.4 Å². The Kier molecular flexibility index (Phi) is 5.86. The largest absolute Gasteiger partial charge is 0.377 e. The highest BCUT2D eigenvalue weighted by Gasteiger charge is 2.21. The Morgan fingerprint density at radius 3 is 2.78 bits per heavy atom. The normalized spacial score (nSPS) is 16.6. The minimum Gasteiger partial charge on any atom is -0.377 e. The van der Waals surface area contributed by atoms with Crippen molar-refractivity contribution in [3.63, 3.8) is 0 Å². The van der Waals surface area contributed by atoms with Crippen LogP contribution in [0.3, 0.4) is 0 Å². The van der Waals surface area contributed by atoms with E-state index in [1.807, 2.05) is 6.07 Å². The number of amides is 1. The molecule has 1 aliphatic rings. The number of rotatable bonds is 6. The lowest BCUT2D eigenvalue weighted by molar-refractivity contribution is 0.102. The van der Waals surface area contributed by atoms with E-state index in [2.05, 4.69) is 10.0 Å². The van der Waals surface area contributed by atoms with Gasteiger partial charge in [0.05, 0.1) is 22.6 Å². The summed E-state index contributed by atoms with van der Waals surface area (Å²) in [4.78, 5) is 12.4. The molecular formula is C19H19N3O4S. The first-order chi connectivity index (χ1) is 13.0. The van der Waals surface area contributed by atoms with Crippen molar-refractivity contribution >= 4 is 21.6 Å². The average Bonchev–Trinajstić information content (AvgIpc) is 3.20. The zero-order valence-corrected chi connectivity index (χ0v) is 15.3. The first-order valence-electron chi connectivity index (χ1n) is 8.51. The maximum absolute atomic E-state index is 12.5. The first-order valence-corrected chi connectivity index (χ1v) is 9.99. The summed E-state index contributed by atoms with van der Waals surface area (Å²) in [5, 5.41) is 11.6. The molecule has 1 atom stereocenters. The Morgan fingerprint density at radius 2 is 2.04 bits per heavy atom. The summed E-state index contributed by atoms with van der Waals surface area (Å²) in [6, 6.07) is 14.3. The molecule has 0 radical (unpaired) electrons. The average molecular weight is 385 g/mol. The van der Waals surface area contributed by atoms with Gasteiger partial charge < -0.3 is 10.1 Å². The topological polar surface area (TPSA) is 108 Å². The van der Waals surface area contributed by atoms with Gasteiger partial charge in [-0.15, -0.1) is 0 Å². The van der Waals surface area contributed by atoms with Crippen molar-refractivity contribution in [2.75, 3.05) is 18.5 Å². The van der Waals surface area contributed by atoms with Crippen molar-refractivity contribution in [1.82, 2.24) is 4.72 Å². The second-order valence-electron chi connectivity index (χ2n) is 6.16. The second-order valence-corrected chi connectivity index (χ2v) is 7.93. The molecule has 1 amide bonds. The number of sulfonamides is 1. The SMILES string of the molecule is N#Cc1cccc(NC(=O)c2cccc(S(=O)(=O)NCC3CCCO3)c2)c1. The van der Waals surface area contributed by atoms with Gasteiger partial charge in [0.2, 0.25) is 10.0 Å². The number of nitriles is 1. The molecule has 0 bridgehead atoms. The van der Waals surface area contributed by atoms with E-state index < -0.39 is 15.9 Å². The fraction of sp³-hybridized carbons (Fsp3) is 0.263. The van der Waals surface area contributed by atoms with E-state index in [4.69, 9.17) is 10.00 Å². The van der Waals surface area contributed by atoms with Crippen molar-refractivity contribution in [3.05, 3.63) is 59.7 Å². The summed E-state index contributed by atoms with van der Waals surface area (Å²) in [5.74, 6) is -0.457. The van der Waals surface area contributed by atoms with Gasteiger partial charge in [0.25, 0.3) is 5.91 Å². The molecule has 3 rings (SSSR count). The standard InChI is InChI=1S/C19H19N3O4S/c20-12-14-4-1-6-16(10-14)22-19(23)15-5-2-8-18(11-15)27(24,25)21-13-17-7-3-9-26-17/h1-2,4-6,8,10-11,17,21H,3,7,9,13H2,(H,22,23). The Balaban J connectivity index is 1.71. The van der Waals surface area contributed by atoms with Crippen molar-refractivity contribution in [1.29, 1.82) is 5.26 Å². The molecule has 1 unspecified atom stereocenters. The fourth-order valence-electron chi connectivity index (χ4n) is 2.77. The number of nitrogens with one attached hydrogen (secondary N) is 2. The molecule has 7 nitrogen and oxygen atoms in total. The second kappa shape index (κ2) is 8.31. The molecule has 1 heterocycles. The minimum atomic E-state index is -3.74. The third-order valence-corrected chi connectivity index (χ3v) is 5.60. The van der Waals surface area contributed by atoms with E-state index in [1.54, 1.807) is 24.3 Å². The molecule has 2 aromatic carbocycles. The van der Waals surface area contributed by atoms with E-state index >= 15 is 0 Å². The Morgan fingerprint density at radius 1 is 1.22 bits per heavy atom. The fourth-order valence-corrected chi connectivity index (χ4v) is 3.88. The molecular weight excluding hydrogens is 366 g/mol. The highest BCUT2D eigenvalue weighted by molar-refractivity contribution is 7.89. The number of benzene rings is 2. The maximum atomic E-state index is 12.5. The molecule has 140 valence electrons. The molecule has 0 spiro atoms. The van der Waals surface area contributed by atoms with Crippen LogP contribution in [0.5, 0.6) is 0 Å². The van der Waals surface area contributed by atoms with Crippen LogP contribution in [0.2, 0.25) is 0 Å². The lowest BCUT2D eigenvalue weighted by atomic mass is 10.2. The number of nitrogens with zero attached hydrogens (tertiary/aromatic N) is 1. The zero-order valence-electron chi connectivity index (χ0n) is 14.5. The van der Waals surface area contributed by atoms with Crippen molar-refractivity contribution in [3.8, 4) is 6.07 Å². The number of hydrogen-bond donors (Lipinski definition) is 2. The summed E-state index contributed by atoms with van der Waals surface area (Å²) in [7, 11) is -3.74. The van der Waals surface area contributed by atoms with Crippen molar-refractivity contribution in [2.45, 2.75) is 23.8 Å². The molecule has 27 heavy (non-hydrogen) atoms. The molecule has 0 saturated carbocycles. The van der Waals surface area contributed by atoms with Crippen LogP contribution in [0.1, 0.15) is 28.8 Å². The van der Waals surface area contributed by atoms with Gasteiger partial charge in [-0.3, -0.25) is 4.79 Å². The van der Waals surface area contributed by atoms with Crippen LogP contribution in [0.4, 0.5) is 5.69 Å². The molecule has 1 saturated heterocycles. The monoisotopic (exact) mass is 385 g/mol. The summed E-state index contributed by atoms with van der Waals surface area (Å²) in [6.07, 6.45) is 1.64. The number of carbonyl (C=O) groups excluding carboxylic acids is 1. The Bertz CT molecular complexity index is 976. The number of anilines is 1. The third-order valence-electron chi connectivity index (χ3n) is 4.18. The van der Waals surface area contributed by atoms with Gasteiger partial charge >= 0.3 is 0 Å². The number of ether oxygens (including phenoxy) is 1. The Hall–Kier alpha value is -2.73. The lowest BCUT2D eigenvalue weighted by Crippen LogP contribution is -2.32. The van der Waals surface area contributed by atoms with Crippen LogP contribution >= 0.6 is 0 Å². The first kappa shape index (κ1) is 19.0. The van der Waals surface area contributed by atoms with Gasteiger partial charge in [-0.1, -0.05) is 12.1 Å². The predicted molar refractivity (Wildman–Crippen MR) is 99.7 cm³/mol. The minimum absolute atomic E-state index is 0.0129. The summed E-state index contributed by atoms with van der Waals surface area (Å²) >= 11 is 0. The molecule has 8 heteroatoms. The maximum Gasteiger partial charge on any atom is 0.255 e. The van der Waals surface area contributed by atoms with E-state index in [1.165, 1.54) is 24.3 Å². The van der Waals surface area contributed by atoms with Crippen molar-refractivity contribution < 1.29 is 17.9 Å². The van der Waals surface area contributed by atoms with Gasteiger partial charge in [0.15, 0.2) is 0 Å². The highest BCUT2D eigenvalue weighted by atomic mass is 32.2. The summed E-state index contributed by atoms with van der Waals surface area (Å²) < 4.78 is 32.9. The van der Waals surface area contributed by atoms with Gasteiger partial charge in [-0.2, -0.15) is 5.26 Å². The van der Waals surface area contributed by atoms with E-state index in [9.17, 15) is 13.2 Å². The number of carbonyl (C=O) groups is 1. The summed E-state index contributed by atoms with van der Waals surface area (Å²) in [6.45, 7) is 0.856. The van der Waals surface area contributed by atoms with Crippen LogP contribution in [-0.4, -0.2) is 33.6 Å². The molecule has 2 aromatic rings. The van der Waals surface area contributed by atoms with Crippen LogP contribution in [0, 0.1) is 11.3 Å². The van der Waals surface area contributed by atoms with E-state index in [-0.39, 0.29) is 23.1 Å². The van der Waals surface area contributed by atoms with Crippen LogP contribution < -0.4 is 10.0 Å². The highest BCUT2D eigenvalue weighted by Crippen LogP contribution is 2.16. The smallest absolute Gasteiger partial charge is 0.255 e. The molecule has 0 aromatic heterocycles. The lowest BCUT2D eigenvalue weighted by Gasteiger charge is -2.12. The van der Waals surface area contributed by atoms with Crippen LogP contribution in [0.25, 0.3) is 0 Å². The quantitative estimate of drug-likeness (QED) is 0.793.